The Balaban J connectivity index is 2.34. The number of rotatable bonds is 1. The molecular formula is C16H26N2. The van der Waals surface area contributed by atoms with Gasteiger partial charge >= 0.3 is 0 Å². The van der Waals surface area contributed by atoms with Gasteiger partial charge in [0, 0.05) is 23.3 Å². The number of hydrogen-bond donors (Lipinski definition) is 1. The van der Waals surface area contributed by atoms with E-state index >= 15 is 0 Å². The van der Waals surface area contributed by atoms with Crippen LogP contribution in [0.3, 0.4) is 0 Å². The van der Waals surface area contributed by atoms with Crippen molar-refractivity contribution in [1.82, 2.24) is 5.32 Å². The monoisotopic (exact) mass is 246 g/mol. The van der Waals surface area contributed by atoms with Crippen molar-refractivity contribution in [2.24, 2.45) is 0 Å². The summed E-state index contributed by atoms with van der Waals surface area (Å²) in [6, 6.07) is 8.91. The van der Waals surface area contributed by atoms with Crippen LogP contribution < -0.4 is 10.2 Å². The molecule has 1 saturated heterocycles. The fourth-order valence-electron chi connectivity index (χ4n) is 2.67. The van der Waals surface area contributed by atoms with Crippen LogP contribution in [0.2, 0.25) is 0 Å². The second kappa shape index (κ2) is 4.58. The van der Waals surface area contributed by atoms with Crippen molar-refractivity contribution in [2.75, 3.05) is 18.0 Å². The van der Waals surface area contributed by atoms with E-state index in [1.54, 1.807) is 0 Å². The van der Waals surface area contributed by atoms with Gasteiger partial charge in [-0.2, -0.15) is 0 Å². The average Bonchev–Trinajstić information content (AvgIpc) is 2.36. The van der Waals surface area contributed by atoms with Crippen LogP contribution in [-0.4, -0.2) is 24.2 Å². The minimum Gasteiger partial charge on any atom is -0.365 e. The molecule has 1 aliphatic rings. The molecule has 1 fully saturated rings. The topological polar surface area (TPSA) is 15.3 Å². The first-order valence-corrected chi connectivity index (χ1v) is 6.90. The van der Waals surface area contributed by atoms with Crippen LogP contribution in [0.25, 0.3) is 0 Å². The third-order valence-electron chi connectivity index (χ3n) is 3.97. The quantitative estimate of drug-likeness (QED) is 0.817. The average molecular weight is 246 g/mol. The van der Waals surface area contributed by atoms with Crippen LogP contribution in [-0.2, 0) is 0 Å². The van der Waals surface area contributed by atoms with Gasteiger partial charge in [0.05, 0.1) is 0 Å². The fourth-order valence-corrected chi connectivity index (χ4v) is 2.67. The van der Waals surface area contributed by atoms with Crippen LogP contribution in [0, 0.1) is 6.92 Å². The van der Waals surface area contributed by atoms with Crippen molar-refractivity contribution in [3.63, 3.8) is 0 Å². The molecular weight excluding hydrogens is 220 g/mol. The molecule has 100 valence electrons. The molecule has 1 aromatic carbocycles. The predicted octanol–water partition coefficient (Wildman–Crippen LogP) is 3.35. The molecule has 2 rings (SSSR count). The normalized spacial score (nSPS) is 22.6. The Bertz CT molecular complexity index is 404. The van der Waals surface area contributed by atoms with Gasteiger partial charge in [0.15, 0.2) is 0 Å². The molecule has 0 spiro atoms. The molecule has 0 unspecified atom stereocenters. The largest absolute Gasteiger partial charge is 0.365 e. The zero-order valence-corrected chi connectivity index (χ0v) is 12.4. The molecule has 2 nitrogen and oxygen atoms in total. The predicted molar refractivity (Wildman–Crippen MR) is 79.3 cm³/mol. The Morgan fingerprint density at radius 1 is 1.06 bits per heavy atom. The van der Waals surface area contributed by atoms with Crippen LogP contribution in [0.4, 0.5) is 5.69 Å². The summed E-state index contributed by atoms with van der Waals surface area (Å²) in [6.07, 6.45) is 1.17. The minimum atomic E-state index is 0.165. The lowest BCUT2D eigenvalue weighted by molar-refractivity contribution is 0.409. The fraction of sp³-hybridized carbons (Fsp3) is 0.625. The van der Waals surface area contributed by atoms with Crippen LogP contribution in [0.1, 0.15) is 39.7 Å². The third-order valence-corrected chi connectivity index (χ3v) is 3.97. The van der Waals surface area contributed by atoms with Gasteiger partial charge in [-0.25, -0.2) is 0 Å². The van der Waals surface area contributed by atoms with Gasteiger partial charge in [0.25, 0.3) is 0 Å². The summed E-state index contributed by atoms with van der Waals surface area (Å²) in [4.78, 5) is 2.55. The van der Waals surface area contributed by atoms with E-state index in [1.165, 1.54) is 17.7 Å². The van der Waals surface area contributed by atoms with Crippen LogP contribution in [0.15, 0.2) is 24.3 Å². The number of nitrogens with one attached hydrogen (secondary N) is 1. The lowest BCUT2D eigenvalue weighted by atomic mass is 9.96. The Morgan fingerprint density at radius 2 is 1.67 bits per heavy atom. The van der Waals surface area contributed by atoms with Crippen molar-refractivity contribution in [3.8, 4) is 0 Å². The van der Waals surface area contributed by atoms with E-state index in [9.17, 15) is 0 Å². The maximum absolute atomic E-state index is 3.65. The van der Waals surface area contributed by atoms with Gasteiger partial charge in [0.2, 0.25) is 0 Å². The lowest BCUT2D eigenvalue weighted by Crippen LogP contribution is -2.51. The van der Waals surface area contributed by atoms with E-state index in [0.29, 0.717) is 0 Å². The van der Waals surface area contributed by atoms with Crippen molar-refractivity contribution < 1.29 is 0 Å². The Kier molecular flexibility index (Phi) is 3.41. The molecule has 0 bridgehead atoms. The molecule has 1 aliphatic heterocycles. The summed E-state index contributed by atoms with van der Waals surface area (Å²) in [5.74, 6) is 0. The van der Waals surface area contributed by atoms with Gasteiger partial charge in [-0.05, 0) is 59.7 Å². The lowest BCUT2D eigenvalue weighted by Gasteiger charge is -2.41. The van der Waals surface area contributed by atoms with E-state index in [-0.39, 0.29) is 11.1 Å². The smallest absolute Gasteiger partial charge is 0.0371 e. The Labute approximate surface area is 111 Å². The molecule has 0 amide bonds. The first-order valence-electron chi connectivity index (χ1n) is 6.90. The molecule has 1 aromatic rings. The highest BCUT2D eigenvalue weighted by Crippen LogP contribution is 2.30. The van der Waals surface area contributed by atoms with Gasteiger partial charge in [-0.15, -0.1) is 0 Å². The number of aryl methyl sites for hydroxylation is 1. The highest BCUT2D eigenvalue weighted by Gasteiger charge is 2.34. The first-order chi connectivity index (χ1) is 8.30. The second-order valence-electron chi connectivity index (χ2n) is 6.79. The maximum atomic E-state index is 3.65. The molecule has 1 N–H and O–H groups in total. The third kappa shape index (κ3) is 2.86. The molecule has 0 atom stereocenters. The maximum Gasteiger partial charge on any atom is 0.0371 e. The van der Waals surface area contributed by atoms with Gasteiger partial charge in [0.1, 0.15) is 0 Å². The SMILES string of the molecule is Cc1ccc(N2CC(C)(C)NCCC2(C)C)cc1. The second-order valence-corrected chi connectivity index (χ2v) is 6.79. The molecule has 0 saturated carbocycles. The molecule has 2 heteroatoms. The summed E-state index contributed by atoms with van der Waals surface area (Å²) < 4.78 is 0. The van der Waals surface area contributed by atoms with Crippen LogP contribution >= 0.6 is 0 Å². The molecule has 0 aliphatic carbocycles. The molecule has 18 heavy (non-hydrogen) atoms. The Morgan fingerprint density at radius 3 is 2.28 bits per heavy atom. The number of anilines is 1. The van der Waals surface area contributed by atoms with Crippen molar-refractivity contribution in [3.05, 3.63) is 29.8 Å². The minimum absolute atomic E-state index is 0.165. The van der Waals surface area contributed by atoms with E-state index in [1.807, 2.05) is 0 Å². The summed E-state index contributed by atoms with van der Waals surface area (Å²) >= 11 is 0. The van der Waals surface area contributed by atoms with E-state index < -0.39 is 0 Å². The van der Waals surface area contributed by atoms with E-state index in [4.69, 9.17) is 0 Å². The van der Waals surface area contributed by atoms with E-state index in [2.05, 4.69) is 69.1 Å². The summed E-state index contributed by atoms with van der Waals surface area (Å²) in [6.45, 7) is 13.5. The first kappa shape index (κ1) is 13.4. The highest BCUT2D eigenvalue weighted by molar-refractivity contribution is 5.50. The van der Waals surface area contributed by atoms with Gasteiger partial charge in [-0.1, -0.05) is 17.7 Å². The Hall–Kier alpha value is -1.02. The summed E-state index contributed by atoms with van der Waals surface area (Å²) in [5, 5.41) is 3.65. The van der Waals surface area contributed by atoms with E-state index in [0.717, 1.165) is 13.1 Å². The number of benzene rings is 1. The van der Waals surface area contributed by atoms with Crippen molar-refractivity contribution in [2.45, 2.75) is 52.1 Å². The zero-order chi connectivity index (χ0) is 13.4. The number of nitrogens with zero attached hydrogens (tertiary/aromatic N) is 1. The number of hydrogen-bond acceptors (Lipinski definition) is 2. The standard InChI is InChI=1S/C16H26N2/c1-13-6-8-14(9-7-13)18-12-15(2,3)17-11-10-16(18,4)5/h6-9,17H,10-12H2,1-5H3. The molecule has 1 heterocycles. The van der Waals surface area contributed by atoms with Gasteiger partial charge < -0.3 is 10.2 Å². The van der Waals surface area contributed by atoms with Crippen LogP contribution in [0.5, 0.6) is 0 Å². The zero-order valence-electron chi connectivity index (χ0n) is 12.4. The van der Waals surface area contributed by atoms with Crippen molar-refractivity contribution in [1.29, 1.82) is 0 Å². The summed E-state index contributed by atoms with van der Waals surface area (Å²) in [5.41, 5.74) is 3.03. The molecule has 0 radical (unpaired) electrons. The highest BCUT2D eigenvalue weighted by atomic mass is 15.2. The van der Waals surface area contributed by atoms with Gasteiger partial charge in [-0.3, -0.25) is 0 Å². The van der Waals surface area contributed by atoms with Crippen molar-refractivity contribution >= 4 is 5.69 Å². The summed E-state index contributed by atoms with van der Waals surface area (Å²) in [7, 11) is 0. The molecule has 0 aromatic heterocycles.